The third-order valence-corrected chi connectivity index (χ3v) is 4.52. The van der Waals surface area contributed by atoms with Crippen molar-refractivity contribution in [2.24, 2.45) is 0 Å². The molecule has 0 aromatic heterocycles. The summed E-state index contributed by atoms with van der Waals surface area (Å²) >= 11 is 7.03. The van der Waals surface area contributed by atoms with Crippen molar-refractivity contribution in [2.75, 3.05) is 7.11 Å². The zero-order chi connectivity index (χ0) is 14.5. The van der Waals surface area contributed by atoms with Crippen LogP contribution in [0.1, 0.15) is 24.1 Å². The normalized spacial score (nSPS) is 12.2. The third-order valence-electron chi connectivity index (χ3n) is 3.22. The quantitative estimate of drug-likeness (QED) is 0.758. The van der Waals surface area contributed by atoms with Crippen molar-refractivity contribution in [1.29, 1.82) is 0 Å². The Balaban J connectivity index is 2.02. The highest BCUT2D eigenvalue weighted by Gasteiger charge is 2.07. The van der Waals surface area contributed by atoms with Crippen molar-refractivity contribution in [3.05, 3.63) is 62.5 Å². The van der Waals surface area contributed by atoms with Crippen LogP contribution in [0.2, 0.25) is 0 Å². The number of ether oxygens (including phenoxy) is 1. The molecular formula is C16H17Br2NO. The summed E-state index contributed by atoms with van der Waals surface area (Å²) in [6.45, 7) is 2.95. The summed E-state index contributed by atoms with van der Waals surface area (Å²) in [6, 6.07) is 14.7. The van der Waals surface area contributed by atoms with Gasteiger partial charge in [-0.1, -0.05) is 44.0 Å². The average molecular weight is 399 g/mol. The first-order valence-electron chi connectivity index (χ1n) is 6.41. The van der Waals surface area contributed by atoms with Gasteiger partial charge in [-0.05, 0) is 48.4 Å². The van der Waals surface area contributed by atoms with Crippen molar-refractivity contribution < 1.29 is 4.74 Å². The molecule has 0 heterocycles. The molecule has 0 fully saturated rings. The third kappa shape index (κ3) is 4.08. The molecule has 1 N–H and O–H groups in total. The monoisotopic (exact) mass is 397 g/mol. The minimum atomic E-state index is 0.293. The van der Waals surface area contributed by atoms with Crippen LogP contribution in [0.15, 0.2) is 51.4 Å². The fraction of sp³-hybridized carbons (Fsp3) is 0.250. The second kappa shape index (κ2) is 7.25. The van der Waals surface area contributed by atoms with E-state index in [0.717, 1.165) is 21.2 Å². The average Bonchev–Trinajstić information content (AvgIpc) is 2.47. The molecule has 0 saturated heterocycles. The van der Waals surface area contributed by atoms with Crippen molar-refractivity contribution in [3.8, 4) is 5.75 Å². The predicted octanol–water partition coefficient (Wildman–Crippen LogP) is 5.07. The van der Waals surface area contributed by atoms with Gasteiger partial charge in [-0.3, -0.25) is 0 Å². The topological polar surface area (TPSA) is 21.3 Å². The number of hydrogen-bond donors (Lipinski definition) is 1. The van der Waals surface area contributed by atoms with E-state index in [1.165, 1.54) is 11.1 Å². The van der Waals surface area contributed by atoms with E-state index in [-0.39, 0.29) is 0 Å². The summed E-state index contributed by atoms with van der Waals surface area (Å²) in [4.78, 5) is 0. The van der Waals surface area contributed by atoms with E-state index in [1.807, 2.05) is 18.2 Å². The first-order chi connectivity index (χ1) is 9.60. The number of methoxy groups -OCH3 is 1. The van der Waals surface area contributed by atoms with Gasteiger partial charge in [0.15, 0.2) is 0 Å². The van der Waals surface area contributed by atoms with Crippen LogP contribution >= 0.6 is 31.9 Å². The lowest BCUT2D eigenvalue weighted by Gasteiger charge is -2.15. The molecule has 4 heteroatoms. The van der Waals surface area contributed by atoms with Gasteiger partial charge in [0.05, 0.1) is 7.11 Å². The molecule has 0 amide bonds. The molecule has 0 unspecified atom stereocenters. The van der Waals surface area contributed by atoms with E-state index in [4.69, 9.17) is 4.74 Å². The van der Waals surface area contributed by atoms with Crippen LogP contribution in [0.4, 0.5) is 0 Å². The zero-order valence-electron chi connectivity index (χ0n) is 11.5. The Kier molecular flexibility index (Phi) is 5.64. The minimum absolute atomic E-state index is 0.293. The second-order valence-corrected chi connectivity index (χ2v) is 6.38. The Morgan fingerprint density at radius 1 is 1.10 bits per heavy atom. The maximum absolute atomic E-state index is 5.26. The standard InChI is InChI=1S/C16H17Br2NO/c1-11(12-3-5-14(17)6-4-12)19-10-13-9-15(20-2)7-8-16(13)18/h3-9,11,19H,10H2,1-2H3/t11-/m0/s1. The molecule has 0 aliphatic rings. The largest absolute Gasteiger partial charge is 0.497 e. The van der Waals surface area contributed by atoms with E-state index in [9.17, 15) is 0 Å². The highest BCUT2D eigenvalue weighted by atomic mass is 79.9. The van der Waals surface area contributed by atoms with Crippen LogP contribution in [-0.2, 0) is 6.54 Å². The lowest BCUT2D eigenvalue weighted by atomic mass is 10.1. The van der Waals surface area contributed by atoms with Crippen LogP contribution in [0.5, 0.6) is 5.75 Å². The molecule has 0 saturated carbocycles. The first-order valence-corrected chi connectivity index (χ1v) is 8.00. The Hall–Kier alpha value is -0.840. The van der Waals surface area contributed by atoms with Gasteiger partial charge in [0.25, 0.3) is 0 Å². The summed E-state index contributed by atoms with van der Waals surface area (Å²) in [5.41, 5.74) is 2.46. The van der Waals surface area contributed by atoms with Gasteiger partial charge in [-0.15, -0.1) is 0 Å². The molecule has 0 aliphatic heterocycles. The minimum Gasteiger partial charge on any atom is -0.497 e. The highest BCUT2D eigenvalue weighted by Crippen LogP contribution is 2.23. The Bertz CT molecular complexity index is 569. The van der Waals surface area contributed by atoms with E-state index < -0.39 is 0 Å². The maximum Gasteiger partial charge on any atom is 0.119 e. The van der Waals surface area contributed by atoms with Crippen LogP contribution in [-0.4, -0.2) is 7.11 Å². The van der Waals surface area contributed by atoms with Gasteiger partial charge < -0.3 is 10.1 Å². The number of benzene rings is 2. The van der Waals surface area contributed by atoms with Gasteiger partial charge in [-0.2, -0.15) is 0 Å². The highest BCUT2D eigenvalue weighted by molar-refractivity contribution is 9.10. The van der Waals surface area contributed by atoms with Gasteiger partial charge in [0.1, 0.15) is 5.75 Å². The SMILES string of the molecule is COc1ccc(Br)c(CN[C@@H](C)c2ccc(Br)cc2)c1. The van der Waals surface area contributed by atoms with Crippen LogP contribution in [0, 0.1) is 0 Å². The Labute approximate surface area is 136 Å². The van der Waals surface area contributed by atoms with Gasteiger partial charge in [0.2, 0.25) is 0 Å². The number of nitrogens with one attached hydrogen (secondary N) is 1. The molecule has 2 aromatic carbocycles. The molecule has 0 bridgehead atoms. The molecule has 106 valence electrons. The number of rotatable bonds is 5. The van der Waals surface area contributed by atoms with Gasteiger partial charge in [0, 0.05) is 21.5 Å². The predicted molar refractivity (Wildman–Crippen MR) is 90.1 cm³/mol. The summed E-state index contributed by atoms with van der Waals surface area (Å²) in [6.07, 6.45) is 0. The van der Waals surface area contributed by atoms with Crippen molar-refractivity contribution >= 4 is 31.9 Å². The smallest absolute Gasteiger partial charge is 0.119 e. The van der Waals surface area contributed by atoms with Crippen LogP contribution in [0.25, 0.3) is 0 Å². The van der Waals surface area contributed by atoms with Crippen molar-refractivity contribution in [2.45, 2.75) is 19.5 Å². The van der Waals surface area contributed by atoms with E-state index in [0.29, 0.717) is 6.04 Å². The lowest BCUT2D eigenvalue weighted by molar-refractivity contribution is 0.413. The lowest BCUT2D eigenvalue weighted by Crippen LogP contribution is -2.18. The van der Waals surface area contributed by atoms with Crippen LogP contribution in [0.3, 0.4) is 0 Å². The second-order valence-electron chi connectivity index (χ2n) is 4.61. The molecular weight excluding hydrogens is 382 g/mol. The van der Waals surface area contributed by atoms with Crippen LogP contribution < -0.4 is 10.1 Å². The van der Waals surface area contributed by atoms with E-state index in [1.54, 1.807) is 7.11 Å². The molecule has 1 atom stereocenters. The summed E-state index contributed by atoms with van der Waals surface area (Å²) in [5, 5.41) is 3.53. The summed E-state index contributed by atoms with van der Waals surface area (Å²) in [7, 11) is 1.69. The molecule has 2 nitrogen and oxygen atoms in total. The fourth-order valence-electron chi connectivity index (χ4n) is 1.95. The zero-order valence-corrected chi connectivity index (χ0v) is 14.7. The molecule has 0 spiro atoms. The molecule has 20 heavy (non-hydrogen) atoms. The molecule has 2 rings (SSSR count). The number of halogens is 2. The van der Waals surface area contributed by atoms with Crippen molar-refractivity contribution in [1.82, 2.24) is 5.32 Å². The Morgan fingerprint density at radius 2 is 1.80 bits per heavy atom. The van der Waals surface area contributed by atoms with E-state index in [2.05, 4.69) is 68.4 Å². The maximum atomic E-state index is 5.26. The molecule has 2 aromatic rings. The summed E-state index contributed by atoms with van der Waals surface area (Å²) < 4.78 is 7.45. The van der Waals surface area contributed by atoms with Gasteiger partial charge >= 0.3 is 0 Å². The van der Waals surface area contributed by atoms with Crippen molar-refractivity contribution in [3.63, 3.8) is 0 Å². The molecule has 0 aliphatic carbocycles. The fourth-order valence-corrected chi connectivity index (χ4v) is 2.60. The summed E-state index contributed by atoms with van der Waals surface area (Å²) in [5.74, 6) is 0.876. The Morgan fingerprint density at radius 3 is 2.45 bits per heavy atom. The van der Waals surface area contributed by atoms with E-state index >= 15 is 0 Å². The first kappa shape index (κ1) is 15.5. The van der Waals surface area contributed by atoms with Gasteiger partial charge in [-0.25, -0.2) is 0 Å². The molecule has 0 radical (unpaired) electrons. The number of hydrogen-bond acceptors (Lipinski definition) is 2.